The van der Waals surface area contributed by atoms with Gasteiger partial charge >= 0.3 is 0 Å². The average Bonchev–Trinajstić information content (AvgIpc) is 3.36. The van der Waals surface area contributed by atoms with Crippen LogP contribution in [0.3, 0.4) is 0 Å². The number of allylic oxidation sites excluding steroid dienone is 2. The van der Waals surface area contributed by atoms with E-state index in [1.54, 1.807) is 18.3 Å². The molecule has 1 amide bonds. The van der Waals surface area contributed by atoms with E-state index in [-0.39, 0.29) is 18.2 Å². The van der Waals surface area contributed by atoms with Crippen LogP contribution >= 0.6 is 0 Å². The van der Waals surface area contributed by atoms with Crippen LogP contribution in [-0.4, -0.2) is 68.9 Å². The zero-order chi connectivity index (χ0) is 25.2. The van der Waals surface area contributed by atoms with Crippen molar-refractivity contribution in [2.24, 2.45) is 0 Å². The molecule has 4 heterocycles. The Balaban J connectivity index is 1.46. The number of nitrogens with one attached hydrogen (secondary N) is 1. The van der Waals surface area contributed by atoms with Crippen molar-refractivity contribution in [3.8, 4) is 0 Å². The Hall–Kier alpha value is -3.14. The molecule has 36 heavy (non-hydrogen) atoms. The number of rotatable bonds is 6. The number of aryl methyl sites for hydroxylation is 2. The normalized spacial score (nSPS) is 21.9. The van der Waals surface area contributed by atoms with E-state index < -0.39 is 0 Å². The molecule has 0 spiro atoms. The number of fused-ring (bicyclic) bond motifs is 1. The highest BCUT2D eigenvalue weighted by Crippen LogP contribution is 2.31. The number of imidazole rings is 1. The van der Waals surface area contributed by atoms with Gasteiger partial charge in [0.15, 0.2) is 11.5 Å². The number of pyridine rings is 1. The molecule has 188 valence electrons. The smallest absolute Gasteiger partial charge is 0.258 e. The number of carbonyl (C=O) groups is 1. The van der Waals surface area contributed by atoms with Crippen LogP contribution in [0.15, 0.2) is 61.0 Å². The van der Waals surface area contributed by atoms with E-state index in [2.05, 4.69) is 76.2 Å². The van der Waals surface area contributed by atoms with Crippen molar-refractivity contribution < 1.29 is 8.98 Å². The molecule has 1 N–H and O–H groups in total. The molecule has 5 rings (SSSR count). The van der Waals surface area contributed by atoms with Crippen molar-refractivity contribution in [1.82, 2.24) is 24.3 Å². The topological polar surface area (TPSA) is 75.5 Å². The third kappa shape index (κ3) is 5.18. The summed E-state index contributed by atoms with van der Waals surface area (Å²) in [5.74, 6) is 0.331. The van der Waals surface area contributed by atoms with Crippen LogP contribution in [0.5, 0.6) is 0 Å². The lowest BCUT2D eigenvalue weighted by Crippen LogP contribution is -2.35. The lowest BCUT2D eigenvalue weighted by Gasteiger charge is -2.28. The van der Waals surface area contributed by atoms with Crippen molar-refractivity contribution in [2.45, 2.75) is 37.8 Å². The summed E-state index contributed by atoms with van der Waals surface area (Å²) in [7, 11) is 4.20. The predicted molar refractivity (Wildman–Crippen MR) is 146 cm³/mol. The molecule has 1 fully saturated rings. The van der Waals surface area contributed by atoms with Crippen LogP contribution in [0.4, 0.5) is 5.95 Å². The fraction of sp³-hybridized carbons (Fsp3) is 0.370. The van der Waals surface area contributed by atoms with Crippen molar-refractivity contribution in [1.29, 1.82) is 0 Å². The molecule has 0 bridgehead atoms. The van der Waals surface area contributed by atoms with E-state index in [9.17, 15) is 4.79 Å². The summed E-state index contributed by atoms with van der Waals surface area (Å²) >= 11 is 1.04. The van der Waals surface area contributed by atoms with E-state index in [0.717, 1.165) is 47.3 Å². The summed E-state index contributed by atoms with van der Waals surface area (Å²) in [6.45, 7) is 5.67. The van der Waals surface area contributed by atoms with Crippen LogP contribution in [0.25, 0.3) is 11.0 Å². The summed E-state index contributed by atoms with van der Waals surface area (Å²) in [5, 5.41) is 3.56. The van der Waals surface area contributed by atoms with Gasteiger partial charge in [-0.1, -0.05) is 24.3 Å². The number of thiol groups is 1. The number of para-hydroxylation sites is 1. The van der Waals surface area contributed by atoms with Crippen LogP contribution in [0.2, 0.25) is 0 Å². The van der Waals surface area contributed by atoms with Gasteiger partial charge in [0.05, 0.1) is 17.1 Å². The zero-order valence-corrected chi connectivity index (χ0v) is 22.0. The Kier molecular flexibility index (Phi) is 7.13. The Morgan fingerprint density at radius 1 is 1.25 bits per heavy atom. The molecule has 1 unspecified atom stereocenters. The van der Waals surface area contributed by atoms with Gasteiger partial charge in [-0.2, -0.15) is 4.18 Å². The van der Waals surface area contributed by atoms with Gasteiger partial charge in [0.25, 0.3) is 5.91 Å². The van der Waals surface area contributed by atoms with Gasteiger partial charge in [-0.05, 0) is 57.8 Å². The first-order valence-corrected chi connectivity index (χ1v) is 13.1. The number of benzene rings is 1. The summed E-state index contributed by atoms with van der Waals surface area (Å²) < 4.78 is 8.34. The molecule has 2 aliphatic rings. The first-order chi connectivity index (χ1) is 17.4. The first-order valence-electron chi connectivity index (χ1n) is 12.2. The third-order valence-electron chi connectivity index (χ3n) is 6.50. The van der Waals surface area contributed by atoms with Gasteiger partial charge < -0.3 is 14.4 Å². The highest BCUT2D eigenvalue weighted by Gasteiger charge is 2.38. The molecule has 2 aliphatic heterocycles. The molecule has 8 nitrogen and oxygen atoms in total. The van der Waals surface area contributed by atoms with Crippen LogP contribution in [0.1, 0.15) is 34.1 Å². The summed E-state index contributed by atoms with van der Waals surface area (Å²) in [6, 6.07) is 9.53. The van der Waals surface area contributed by atoms with Crippen molar-refractivity contribution in [2.75, 3.05) is 32.5 Å². The van der Waals surface area contributed by atoms with Gasteiger partial charge in [-0.3, -0.25) is 15.1 Å². The maximum absolute atomic E-state index is 13.2. The van der Waals surface area contributed by atoms with E-state index in [1.165, 1.54) is 0 Å². The zero-order valence-electron chi connectivity index (χ0n) is 21.1. The van der Waals surface area contributed by atoms with Crippen molar-refractivity contribution in [3.63, 3.8) is 0 Å². The van der Waals surface area contributed by atoms with Crippen LogP contribution in [0, 0.1) is 13.8 Å². The average molecular weight is 506 g/mol. The molecule has 0 aliphatic carbocycles. The molecule has 3 atom stereocenters. The number of anilines is 1. The minimum absolute atomic E-state index is 0.0176. The largest absolute Gasteiger partial charge is 0.346 e. The lowest BCUT2D eigenvalue weighted by atomic mass is 10.1. The molecule has 2 aromatic heterocycles. The third-order valence-corrected chi connectivity index (χ3v) is 7.54. The van der Waals surface area contributed by atoms with E-state index >= 15 is 0 Å². The second kappa shape index (κ2) is 10.5. The molecular formula is C27H33N6O2S+. The van der Waals surface area contributed by atoms with E-state index in [1.807, 2.05) is 19.1 Å². The molecule has 1 aromatic carbocycles. The Morgan fingerprint density at radius 3 is 2.92 bits per heavy atom. The molecule has 0 saturated carbocycles. The second-order valence-electron chi connectivity index (χ2n) is 9.70. The highest BCUT2D eigenvalue weighted by atomic mass is 32.2. The Morgan fingerprint density at radius 2 is 2.11 bits per heavy atom. The maximum atomic E-state index is 13.2. The second-order valence-corrected chi connectivity index (χ2v) is 10.8. The molecule has 0 radical (unpaired) electrons. The molecule has 3 aromatic rings. The molecular weight excluding hydrogens is 472 g/mol. The summed E-state index contributed by atoms with van der Waals surface area (Å²) in [4.78, 5) is 26.7. The maximum Gasteiger partial charge on any atom is 0.258 e. The fourth-order valence-electron chi connectivity index (χ4n) is 4.86. The summed E-state index contributed by atoms with van der Waals surface area (Å²) in [6.07, 6.45) is 11.0. The Bertz CT molecular complexity index is 1320. The van der Waals surface area contributed by atoms with Crippen molar-refractivity contribution in [3.05, 3.63) is 77.8 Å². The highest BCUT2D eigenvalue weighted by molar-refractivity contribution is 7.74. The number of aromatic nitrogens is 3. The van der Waals surface area contributed by atoms with Crippen LogP contribution < -0.4 is 5.32 Å². The lowest BCUT2D eigenvalue weighted by molar-refractivity contribution is 0.0837. The van der Waals surface area contributed by atoms with Gasteiger partial charge in [0.2, 0.25) is 5.95 Å². The predicted octanol–water partition coefficient (Wildman–Crippen LogP) is 3.63. The van der Waals surface area contributed by atoms with E-state index in [0.29, 0.717) is 23.3 Å². The Labute approximate surface area is 216 Å². The fourth-order valence-corrected chi connectivity index (χ4v) is 6.04. The number of nitrogens with zero attached hydrogens (tertiary/aromatic N) is 5. The van der Waals surface area contributed by atoms with Crippen LogP contribution in [-0.2, 0) is 16.2 Å². The monoisotopic (exact) mass is 505 g/mol. The SMILES string of the molecule is Cc1cc(C(=O)Nc2nc3cccc(C)c3n2[C@@H]2C=CC=CN(C3C[C@@H](CN(C)C)[SH+]O3)C2)ccn1. The van der Waals surface area contributed by atoms with E-state index in [4.69, 9.17) is 9.17 Å². The quantitative estimate of drug-likeness (QED) is 0.407. The minimum atomic E-state index is -0.202. The van der Waals surface area contributed by atoms with Gasteiger partial charge in [0.1, 0.15) is 12.0 Å². The minimum Gasteiger partial charge on any atom is -0.346 e. The number of carbonyl (C=O) groups excluding carboxylic acids is 1. The summed E-state index contributed by atoms with van der Waals surface area (Å²) in [5.41, 5.74) is 4.34. The van der Waals surface area contributed by atoms with Gasteiger partial charge in [-0.25, -0.2) is 4.98 Å². The number of hydrogen-bond donors (Lipinski definition) is 1. The van der Waals surface area contributed by atoms with Crippen molar-refractivity contribution >= 4 is 34.9 Å². The number of amides is 1. The van der Waals surface area contributed by atoms with Gasteiger partial charge in [-0.15, -0.1) is 0 Å². The molecule has 9 heteroatoms. The van der Waals surface area contributed by atoms with Gasteiger partial charge in [0, 0.05) is 43.2 Å². The number of hydrogen-bond acceptors (Lipinski definition) is 6. The molecule has 1 saturated heterocycles. The standard InChI is InChI=1S/C27H32N6O2S/c1-18-8-7-10-23-25(18)33(27(29-23)30-26(34)20-11-12-28-19(2)14-20)21-9-5-6-13-32(16-21)24-15-22(36-35-24)17-31(3)4/h5-14,21-22,24H,15-17H2,1-4H3,(H,29,30,34)/p+1/t21-,22+,24?/m1/s1. The first kappa shape index (κ1) is 24.5.